The van der Waals surface area contributed by atoms with Gasteiger partial charge < -0.3 is 15.6 Å². The molecule has 0 saturated carbocycles. The van der Waals surface area contributed by atoms with Gasteiger partial charge in [-0.05, 0) is 55.3 Å². The summed E-state index contributed by atoms with van der Waals surface area (Å²) in [4.78, 5) is 19.4. The number of aromatic amines is 1. The summed E-state index contributed by atoms with van der Waals surface area (Å²) in [7, 11) is -3.61. The third-order valence-corrected chi connectivity index (χ3v) is 6.13. The summed E-state index contributed by atoms with van der Waals surface area (Å²) in [6.45, 7) is 3.82. The topological polar surface area (TPSA) is 104 Å². The van der Waals surface area contributed by atoms with Gasteiger partial charge in [-0.2, -0.15) is 0 Å². The number of amides is 2. The summed E-state index contributed by atoms with van der Waals surface area (Å²) in [6, 6.07) is 9.36. The highest BCUT2D eigenvalue weighted by molar-refractivity contribution is 7.91. The maximum Gasteiger partial charge on any atom is 0.319 e. The van der Waals surface area contributed by atoms with Crippen LogP contribution in [0, 0.1) is 13.8 Å². The van der Waals surface area contributed by atoms with Crippen LogP contribution in [0.3, 0.4) is 0 Å². The van der Waals surface area contributed by atoms with Crippen molar-refractivity contribution >= 4 is 21.6 Å². The molecule has 7 nitrogen and oxygen atoms in total. The maximum absolute atomic E-state index is 12.8. The van der Waals surface area contributed by atoms with E-state index in [1.165, 1.54) is 12.1 Å². The van der Waals surface area contributed by atoms with Crippen LogP contribution in [0.15, 0.2) is 64.8 Å². The fourth-order valence-electron chi connectivity index (χ4n) is 2.75. The van der Waals surface area contributed by atoms with Crippen molar-refractivity contribution in [1.82, 2.24) is 15.3 Å². The smallest absolute Gasteiger partial charge is 0.319 e. The lowest BCUT2D eigenvalue weighted by atomic mass is 10.3. The van der Waals surface area contributed by atoms with Crippen molar-refractivity contribution in [3.8, 4) is 0 Å². The van der Waals surface area contributed by atoms with E-state index in [9.17, 15) is 13.2 Å². The van der Waals surface area contributed by atoms with Gasteiger partial charge in [-0.25, -0.2) is 13.2 Å². The van der Waals surface area contributed by atoms with Gasteiger partial charge in [-0.1, -0.05) is 6.07 Å². The molecular formula is C19H20N4O3S. The highest BCUT2D eigenvalue weighted by Crippen LogP contribution is 2.27. The molecule has 3 N–H and O–H groups in total. The predicted octanol–water partition coefficient (Wildman–Crippen LogP) is 3.18. The number of urea groups is 1. The zero-order valence-electron chi connectivity index (χ0n) is 15.0. The Bertz CT molecular complexity index is 1020. The second-order valence-electron chi connectivity index (χ2n) is 6.12. The van der Waals surface area contributed by atoms with Crippen molar-refractivity contribution < 1.29 is 13.2 Å². The van der Waals surface area contributed by atoms with Gasteiger partial charge in [0.15, 0.2) is 0 Å². The van der Waals surface area contributed by atoms with Crippen LogP contribution in [0.4, 0.5) is 10.5 Å². The Hall–Kier alpha value is -3.13. The Kier molecular flexibility index (Phi) is 5.27. The highest BCUT2D eigenvalue weighted by atomic mass is 32.2. The van der Waals surface area contributed by atoms with Gasteiger partial charge in [0.1, 0.15) is 0 Å². The van der Waals surface area contributed by atoms with Crippen molar-refractivity contribution in [2.45, 2.75) is 30.2 Å². The van der Waals surface area contributed by atoms with Crippen molar-refractivity contribution in [3.05, 3.63) is 71.8 Å². The molecule has 2 heterocycles. The number of hydrogen-bond donors (Lipinski definition) is 3. The lowest BCUT2D eigenvalue weighted by Crippen LogP contribution is -2.28. The number of carbonyl (C=O) groups is 1. The van der Waals surface area contributed by atoms with Crippen molar-refractivity contribution in [1.29, 1.82) is 0 Å². The minimum atomic E-state index is -3.61. The molecule has 2 aromatic heterocycles. The first-order valence-electron chi connectivity index (χ1n) is 8.31. The van der Waals surface area contributed by atoms with Gasteiger partial charge >= 0.3 is 6.03 Å². The van der Waals surface area contributed by atoms with E-state index in [2.05, 4.69) is 20.6 Å². The summed E-state index contributed by atoms with van der Waals surface area (Å²) in [5.74, 6) is 0. The Labute approximate surface area is 157 Å². The second-order valence-corrected chi connectivity index (χ2v) is 8.01. The maximum atomic E-state index is 12.8. The quantitative estimate of drug-likeness (QED) is 0.628. The summed E-state index contributed by atoms with van der Waals surface area (Å²) in [6.07, 6.45) is 5.01. The normalized spacial score (nSPS) is 11.2. The van der Waals surface area contributed by atoms with E-state index in [0.29, 0.717) is 23.5 Å². The van der Waals surface area contributed by atoms with Crippen LogP contribution in [0.25, 0.3) is 0 Å². The van der Waals surface area contributed by atoms with Gasteiger partial charge in [-0.3, -0.25) is 4.98 Å². The van der Waals surface area contributed by atoms with Gasteiger partial charge in [0.25, 0.3) is 0 Å². The number of H-pyrrole nitrogens is 1. The number of benzene rings is 1. The number of nitrogens with zero attached hydrogens (tertiary/aromatic N) is 1. The Morgan fingerprint density at radius 3 is 2.48 bits per heavy atom. The third kappa shape index (κ3) is 4.17. The lowest BCUT2D eigenvalue weighted by molar-refractivity contribution is 0.251. The molecule has 3 aromatic rings. The van der Waals surface area contributed by atoms with E-state index < -0.39 is 9.84 Å². The first-order chi connectivity index (χ1) is 12.9. The number of nitrogens with one attached hydrogen (secondary N) is 3. The fourth-order valence-corrected chi connectivity index (χ4v) is 4.43. The summed E-state index contributed by atoms with van der Waals surface area (Å²) < 4.78 is 25.6. The van der Waals surface area contributed by atoms with Crippen LogP contribution < -0.4 is 10.6 Å². The highest BCUT2D eigenvalue weighted by Gasteiger charge is 2.23. The van der Waals surface area contributed by atoms with Crippen molar-refractivity contribution in [2.24, 2.45) is 0 Å². The molecule has 0 unspecified atom stereocenters. The average molecular weight is 384 g/mol. The van der Waals surface area contributed by atoms with Crippen LogP contribution in [0.1, 0.15) is 16.8 Å². The molecule has 8 heteroatoms. The number of anilines is 1. The largest absolute Gasteiger partial charge is 0.364 e. The molecule has 1 aromatic carbocycles. The number of rotatable bonds is 5. The fraction of sp³-hybridized carbons (Fsp3) is 0.158. The minimum absolute atomic E-state index is 0.176. The van der Waals surface area contributed by atoms with Crippen LogP contribution in [-0.2, 0) is 16.4 Å². The molecule has 0 bridgehead atoms. The van der Waals surface area contributed by atoms with E-state index in [0.717, 1.165) is 5.56 Å². The van der Waals surface area contributed by atoms with E-state index in [4.69, 9.17) is 0 Å². The van der Waals surface area contributed by atoms with Crippen LogP contribution in [0.5, 0.6) is 0 Å². The van der Waals surface area contributed by atoms with Gasteiger partial charge in [0.05, 0.1) is 9.79 Å². The van der Waals surface area contributed by atoms with Crippen molar-refractivity contribution in [2.75, 3.05) is 5.32 Å². The minimum Gasteiger partial charge on any atom is -0.364 e. The Morgan fingerprint density at radius 2 is 1.89 bits per heavy atom. The standard InChI is InChI=1S/C19H20N4O3S/c1-13-10-21-14(2)18(13)27(25,26)17-7-5-16(6-8-17)23-19(24)22-12-15-4-3-9-20-11-15/h3-11,21H,12H2,1-2H3,(H2,22,23,24). The zero-order chi connectivity index (χ0) is 19.4. The van der Waals surface area contributed by atoms with E-state index in [-0.39, 0.29) is 15.8 Å². The predicted molar refractivity (Wildman–Crippen MR) is 102 cm³/mol. The van der Waals surface area contributed by atoms with Gasteiger partial charge in [-0.15, -0.1) is 0 Å². The van der Waals surface area contributed by atoms with E-state index >= 15 is 0 Å². The Balaban J connectivity index is 1.67. The lowest BCUT2D eigenvalue weighted by Gasteiger charge is -2.09. The first-order valence-corrected chi connectivity index (χ1v) is 9.80. The number of aryl methyl sites for hydroxylation is 2. The summed E-state index contributed by atoms with van der Waals surface area (Å²) in [5.41, 5.74) is 2.65. The second kappa shape index (κ2) is 7.63. The zero-order valence-corrected chi connectivity index (χ0v) is 15.8. The molecule has 0 aliphatic rings. The molecule has 2 amide bonds. The summed E-state index contributed by atoms with van der Waals surface area (Å²) >= 11 is 0. The monoisotopic (exact) mass is 384 g/mol. The van der Waals surface area contributed by atoms with Crippen LogP contribution >= 0.6 is 0 Å². The molecule has 3 rings (SSSR count). The third-order valence-electron chi connectivity index (χ3n) is 4.07. The Morgan fingerprint density at radius 1 is 1.15 bits per heavy atom. The van der Waals surface area contributed by atoms with Gasteiger partial charge in [0, 0.05) is 36.5 Å². The molecule has 0 aliphatic heterocycles. The van der Waals surface area contributed by atoms with E-state index in [1.54, 1.807) is 50.6 Å². The van der Waals surface area contributed by atoms with Crippen LogP contribution in [0.2, 0.25) is 0 Å². The van der Waals surface area contributed by atoms with Gasteiger partial charge in [0.2, 0.25) is 9.84 Å². The molecule has 27 heavy (non-hydrogen) atoms. The molecule has 0 saturated heterocycles. The molecule has 140 valence electrons. The molecule has 0 aliphatic carbocycles. The number of pyridine rings is 1. The molecule has 0 fully saturated rings. The number of sulfone groups is 1. The molecule has 0 radical (unpaired) electrons. The average Bonchev–Trinajstić information content (AvgIpc) is 3.00. The molecule has 0 atom stereocenters. The number of hydrogen-bond acceptors (Lipinski definition) is 4. The van der Waals surface area contributed by atoms with E-state index in [1.807, 2.05) is 6.07 Å². The number of aromatic nitrogens is 2. The molecular weight excluding hydrogens is 364 g/mol. The number of carbonyl (C=O) groups excluding carboxylic acids is 1. The van der Waals surface area contributed by atoms with Crippen molar-refractivity contribution in [3.63, 3.8) is 0 Å². The first kappa shape index (κ1) is 18.7. The SMILES string of the molecule is Cc1c[nH]c(C)c1S(=O)(=O)c1ccc(NC(=O)NCc2cccnc2)cc1. The van der Waals surface area contributed by atoms with Crippen LogP contribution in [-0.4, -0.2) is 24.4 Å². The molecule has 0 spiro atoms. The summed E-state index contributed by atoms with van der Waals surface area (Å²) in [5, 5.41) is 5.39.